The predicted molar refractivity (Wildman–Crippen MR) is 61.1 cm³/mol. The number of hydrogen-bond acceptors (Lipinski definition) is 1. The van der Waals surface area contributed by atoms with E-state index in [0.29, 0.717) is 5.92 Å². The van der Waals surface area contributed by atoms with Crippen molar-refractivity contribution in [2.24, 2.45) is 16.7 Å². The van der Waals surface area contributed by atoms with Crippen LogP contribution in [0.15, 0.2) is 0 Å². The molecule has 84 valence electrons. The van der Waals surface area contributed by atoms with Gasteiger partial charge in [0.25, 0.3) is 0 Å². The van der Waals surface area contributed by atoms with Crippen LogP contribution in [0, 0.1) is 16.7 Å². The second kappa shape index (κ2) is 4.33. The smallest absolute Gasteiger partial charge is 0.225 e. The molecule has 2 heteroatoms. The molecule has 0 saturated heterocycles. The Morgan fingerprint density at radius 1 is 1.14 bits per heavy atom. The average molecular weight is 199 g/mol. The highest BCUT2D eigenvalue weighted by Gasteiger charge is 2.24. The van der Waals surface area contributed by atoms with Gasteiger partial charge in [0.05, 0.1) is 0 Å². The summed E-state index contributed by atoms with van der Waals surface area (Å²) < 4.78 is 0. The first kappa shape index (κ1) is 13.5. The molecule has 14 heavy (non-hydrogen) atoms. The second-order valence-corrected chi connectivity index (χ2v) is 6.23. The molecule has 0 aliphatic heterocycles. The minimum absolute atomic E-state index is 0.133. The third kappa shape index (κ3) is 4.64. The lowest BCUT2D eigenvalue weighted by atomic mass is 9.82. The molecule has 0 radical (unpaired) electrons. The van der Waals surface area contributed by atoms with E-state index >= 15 is 0 Å². The molecule has 0 spiro atoms. The Balaban J connectivity index is 4.03. The Labute approximate surface area is 88.5 Å². The zero-order valence-corrected chi connectivity index (χ0v) is 10.7. The van der Waals surface area contributed by atoms with Gasteiger partial charge in [-0.15, -0.1) is 0 Å². The summed E-state index contributed by atoms with van der Waals surface area (Å²) in [4.78, 5) is 11.6. The van der Waals surface area contributed by atoms with Gasteiger partial charge in [-0.2, -0.15) is 0 Å². The Morgan fingerprint density at radius 3 is 1.86 bits per heavy atom. The lowest BCUT2D eigenvalue weighted by Gasteiger charge is -2.28. The summed E-state index contributed by atoms with van der Waals surface area (Å²) in [7, 11) is 0. The maximum absolute atomic E-state index is 11.6. The maximum atomic E-state index is 11.6. The van der Waals surface area contributed by atoms with Crippen LogP contribution in [-0.2, 0) is 4.79 Å². The molecule has 1 N–H and O–H groups in total. The van der Waals surface area contributed by atoms with Crippen molar-refractivity contribution >= 4 is 5.91 Å². The van der Waals surface area contributed by atoms with Gasteiger partial charge in [0.1, 0.15) is 0 Å². The molecule has 0 aromatic heterocycles. The number of nitrogens with one attached hydrogen (secondary N) is 1. The van der Waals surface area contributed by atoms with Crippen molar-refractivity contribution in [2.45, 2.75) is 48.5 Å². The molecule has 2 nitrogen and oxygen atoms in total. The number of hydrogen-bond donors (Lipinski definition) is 1. The lowest BCUT2D eigenvalue weighted by molar-refractivity contribution is -0.128. The minimum Gasteiger partial charge on any atom is -0.355 e. The van der Waals surface area contributed by atoms with Crippen molar-refractivity contribution in [3.05, 3.63) is 0 Å². The largest absolute Gasteiger partial charge is 0.355 e. The van der Waals surface area contributed by atoms with Gasteiger partial charge in [0.15, 0.2) is 0 Å². The Hall–Kier alpha value is -0.530. The highest BCUT2D eigenvalue weighted by Crippen LogP contribution is 2.24. The van der Waals surface area contributed by atoms with Gasteiger partial charge in [-0.3, -0.25) is 4.79 Å². The van der Waals surface area contributed by atoms with Crippen LogP contribution < -0.4 is 5.32 Å². The fourth-order valence-corrected chi connectivity index (χ4v) is 0.817. The fourth-order valence-electron chi connectivity index (χ4n) is 0.817. The molecule has 1 atom stereocenters. The monoisotopic (exact) mass is 199 g/mol. The van der Waals surface area contributed by atoms with Crippen LogP contribution in [0.3, 0.4) is 0 Å². The van der Waals surface area contributed by atoms with Crippen LogP contribution in [0.4, 0.5) is 0 Å². The van der Waals surface area contributed by atoms with Crippen molar-refractivity contribution in [1.82, 2.24) is 5.32 Å². The molecule has 0 saturated carbocycles. The van der Waals surface area contributed by atoms with Crippen LogP contribution in [0.25, 0.3) is 0 Å². The lowest BCUT2D eigenvalue weighted by Crippen LogP contribution is -2.39. The molecule has 0 fully saturated rings. The summed E-state index contributed by atoms with van der Waals surface area (Å²) in [5.41, 5.74) is -0.0250. The van der Waals surface area contributed by atoms with E-state index in [-0.39, 0.29) is 16.7 Å². The molecular weight excluding hydrogens is 174 g/mol. The van der Waals surface area contributed by atoms with E-state index in [0.717, 1.165) is 6.54 Å². The van der Waals surface area contributed by atoms with Gasteiger partial charge in [0.2, 0.25) is 5.91 Å². The normalized spacial score (nSPS) is 15.1. The van der Waals surface area contributed by atoms with Gasteiger partial charge in [0, 0.05) is 12.0 Å². The standard InChI is InChI=1S/C12H25NO/c1-9(11(2,3)4)8-13-10(14)12(5,6)7/h9H,8H2,1-7H3,(H,13,14). The van der Waals surface area contributed by atoms with Crippen molar-refractivity contribution in [1.29, 1.82) is 0 Å². The highest BCUT2D eigenvalue weighted by atomic mass is 16.2. The van der Waals surface area contributed by atoms with Crippen LogP contribution in [0.5, 0.6) is 0 Å². The van der Waals surface area contributed by atoms with Gasteiger partial charge in [-0.1, -0.05) is 48.5 Å². The summed E-state index contributed by atoms with van der Waals surface area (Å²) in [5, 5.41) is 2.99. The zero-order chi connectivity index (χ0) is 11.6. The number of rotatable bonds is 2. The number of carbonyl (C=O) groups is 1. The molecule has 0 aromatic rings. The van der Waals surface area contributed by atoms with Crippen molar-refractivity contribution in [3.63, 3.8) is 0 Å². The third-order valence-electron chi connectivity index (χ3n) is 2.73. The van der Waals surface area contributed by atoms with Gasteiger partial charge in [-0.05, 0) is 11.3 Å². The Kier molecular flexibility index (Phi) is 4.16. The molecule has 0 bridgehead atoms. The van der Waals surface area contributed by atoms with Crippen molar-refractivity contribution in [3.8, 4) is 0 Å². The number of amides is 1. The molecule has 1 amide bonds. The maximum Gasteiger partial charge on any atom is 0.225 e. The first-order valence-corrected chi connectivity index (χ1v) is 5.33. The second-order valence-electron chi connectivity index (χ2n) is 6.23. The molecule has 0 aromatic carbocycles. The van der Waals surface area contributed by atoms with E-state index < -0.39 is 0 Å². The summed E-state index contributed by atoms with van der Waals surface area (Å²) in [6.45, 7) is 15.3. The van der Waals surface area contributed by atoms with Crippen LogP contribution in [-0.4, -0.2) is 12.5 Å². The van der Waals surface area contributed by atoms with E-state index in [4.69, 9.17) is 0 Å². The molecule has 0 aliphatic rings. The number of carbonyl (C=O) groups excluding carboxylic acids is 1. The predicted octanol–water partition coefficient (Wildman–Crippen LogP) is 2.83. The van der Waals surface area contributed by atoms with E-state index in [1.165, 1.54) is 0 Å². The summed E-state index contributed by atoms with van der Waals surface area (Å²) in [6, 6.07) is 0. The van der Waals surface area contributed by atoms with E-state index in [9.17, 15) is 4.79 Å². The average Bonchev–Trinajstić information content (AvgIpc) is 1.95. The zero-order valence-electron chi connectivity index (χ0n) is 10.7. The van der Waals surface area contributed by atoms with Crippen LogP contribution >= 0.6 is 0 Å². The van der Waals surface area contributed by atoms with Gasteiger partial charge < -0.3 is 5.32 Å². The minimum atomic E-state index is -0.280. The summed E-state index contributed by atoms with van der Waals surface area (Å²) >= 11 is 0. The molecular formula is C12H25NO. The Morgan fingerprint density at radius 2 is 1.57 bits per heavy atom. The van der Waals surface area contributed by atoms with E-state index in [2.05, 4.69) is 33.0 Å². The summed E-state index contributed by atoms with van der Waals surface area (Å²) in [6.07, 6.45) is 0. The molecule has 0 rings (SSSR count). The van der Waals surface area contributed by atoms with Crippen molar-refractivity contribution < 1.29 is 4.79 Å². The van der Waals surface area contributed by atoms with Gasteiger partial charge >= 0.3 is 0 Å². The first-order chi connectivity index (χ1) is 6.05. The SMILES string of the molecule is CC(CNC(=O)C(C)(C)C)C(C)(C)C. The van der Waals surface area contributed by atoms with Crippen LogP contribution in [0.1, 0.15) is 48.5 Å². The molecule has 1 unspecified atom stereocenters. The molecule has 0 heterocycles. The first-order valence-electron chi connectivity index (χ1n) is 5.33. The van der Waals surface area contributed by atoms with Crippen LogP contribution in [0.2, 0.25) is 0 Å². The van der Waals surface area contributed by atoms with Crippen molar-refractivity contribution in [2.75, 3.05) is 6.54 Å². The Bertz CT molecular complexity index is 195. The van der Waals surface area contributed by atoms with E-state index in [1.54, 1.807) is 0 Å². The highest BCUT2D eigenvalue weighted by molar-refractivity contribution is 5.81. The summed E-state index contributed by atoms with van der Waals surface area (Å²) in [5.74, 6) is 0.627. The topological polar surface area (TPSA) is 29.1 Å². The third-order valence-corrected chi connectivity index (χ3v) is 2.73. The van der Waals surface area contributed by atoms with E-state index in [1.807, 2.05) is 20.8 Å². The quantitative estimate of drug-likeness (QED) is 0.728. The van der Waals surface area contributed by atoms with Gasteiger partial charge in [-0.25, -0.2) is 0 Å². The fraction of sp³-hybridized carbons (Fsp3) is 0.917. The molecule has 0 aliphatic carbocycles.